The number of carbonyl (C=O) groups is 1. The monoisotopic (exact) mass is 312 g/mol. The van der Waals surface area contributed by atoms with Gasteiger partial charge in [0.15, 0.2) is 0 Å². The third-order valence-electron chi connectivity index (χ3n) is 3.89. The van der Waals surface area contributed by atoms with E-state index in [1.807, 2.05) is 6.07 Å². The quantitative estimate of drug-likeness (QED) is 0.836. The molecule has 0 spiro atoms. The van der Waals surface area contributed by atoms with Gasteiger partial charge in [-0.2, -0.15) is 5.10 Å². The summed E-state index contributed by atoms with van der Waals surface area (Å²) >= 11 is 0. The third kappa shape index (κ3) is 3.39. The van der Waals surface area contributed by atoms with Crippen LogP contribution in [-0.2, 0) is 6.42 Å². The van der Waals surface area contributed by atoms with Gasteiger partial charge in [0, 0.05) is 11.1 Å². The summed E-state index contributed by atoms with van der Waals surface area (Å²) in [6.07, 6.45) is 1.60. The Labute approximate surface area is 133 Å². The minimum absolute atomic E-state index is 0.223. The van der Waals surface area contributed by atoms with Gasteiger partial charge in [-0.15, -0.1) is 0 Å². The number of nitrogens with one attached hydrogen (secondary N) is 1. The van der Waals surface area contributed by atoms with Crippen LogP contribution in [0.1, 0.15) is 34.8 Å². The molecule has 2 aromatic carbocycles. The first kappa shape index (κ1) is 15.2. The molecule has 2 N–H and O–H groups in total. The van der Waals surface area contributed by atoms with Crippen molar-refractivity contribution in [2.24, 2.45) is 11.0 Å². The zero-order valence-corrected chi connectivity index (χ0v) is 12.7. The van der Waals surface area contributed by atoms with Crippen LogP contribution in [0.2, 0.25) is 0 Å². The molecule has 1 aliphatic rings. The van der Waals surface area contributed by atoms with Crippen molar-refractivity contribution in [3.05, 3.63) is 65.0 Å². The van der Waals surface area contributed by atoms with Crippen molar-refractivity contribution in [3.8, 4) is 5.75 Å². The first-order valence-corrected chi connectivity index (χ1v) is 7.47. The second-order valence-corrected chi connectivity index (χ2v) is 5.86. The van der Waals surface area contributed by atoms with E-state index in [9.17, 15) is 14.3 Å². The Morgan fingerprint density at radius 3 is 2.87 bits per heavy atom. The van der Waals surface area contributed by atoms with Crippen molar-refractivity contribution in [3.63, 3.8) is 0 Å². The molecule has 3 rings (SSSR count). The maximum atomic E-state index is 13.2. The van der Waals surface area contributed by atoms with E-state index < -0.39 is 11.7 Å². The summed E-state index contributed by atoms with van der Waals surface area (Å²) in [5.41, 5.74) is 5.43. The van der Waals surface area contributed by atoms with E-state index in [0.717, 1.165) is 29.7 Å². The summed E-state index contributed by atoms with van der Waals surface area (Å²) in [4.78, 5) is 12.1. The van der Waals surface area contributed by atoms with Crippen molar-refractivity contribution in [1.29, 1.82) is 0 Å². The average molecular weight is 312 g/mol. The van der Waals surface area contributed by atoms with Crippen molar-refractivity contribution >= 4 is 11.6 Å². The molecule has 0 aromatic heterocycles. The van der Waals surface area contributed by atoms with Gasteiger partial charge >= 0.3 is 0 Å². The predicted octanol–water partition coefficient (Wildman–Crippen LogP) is 3.25. The Kier molecular flexibility index (Phi) is 4.10. The molecular weight excluding hydrogens is 295 g/mol. The largest absolute Gasteiger partial charge is 0.508 e. The Hall–Kier alpha value is -2.69. The van der Waals surface area contributed by atoms with E-state index in [-0.39, 0.29) is 11.3 Å². The number of halogens is 1. The van der Waals surface area contributed by atoms with Gasteiger partial charge in [-0.05, 0) is 60.7 Å². The number of fused-ring (bicyclic) bond motifs is 1. The standard InChI is InChI=1S/C18H17FN2O2/c1-11-7-13-10-15(22)5-6-16(13)17(8-11)20-21-18(23)12-3-2-4-14(19)9-12/h2-6,9-11,22H,7-8H2,1H3,(H,21,23)/b20-17+/t11-/m0/s1. The van der Waals surface area contributed by atoms with Crippen molar-refractivity contribution in [2.75, 3.05) is 0 Å². The van der Waals surface area contributed by atoms with Gasteiger partial charge in [0.05, 0.1) is 5.71 Å². The zero-order chi connectivity index (χ0) is 16.4. The van der Waals surface area contributed by atoms with Crippen LogP contribution in [0.5, 0.6) is 5.75 Å². The lowest BCUT2D eigenvalue weighted by atomic mass is 9.83. The molecule has 1 aliphatic carbocycles. The zero-order valence-electron chi connectivity index (χ0n) is 12.7. The van der Waals surface area contributed by atoms with Gasteiger partial charge < -0.3 is 5.11 Å². The summed E-state index contributed by atoms with van der Waals surface area (Å²) in [5, 5.41) is 13.8. The van der Waals surface area contributed by atoms with Crippen molar-refractivity contribution in [1.82, 2.24) is 5.43 Å². The molecule has 0 unspecified atom stereocenters. The van der Waals surface area contributed by atoms with E-state index >= 15 is 0 Å². The van der Waals surface area contributed by atoms with Crippen LogP contribution in [0.3, 0.4) is 0 Å². The SMILES string of the molecule is C[C@@H]1C/C(=N\NC(=O)c2cccc(F)c2)c2ccc(O)cc2C1. The van der Waals surface area contributed by atoms with E-state index in [2.05, 4.69) is 17.5 Å². The van der Waals surface area contributed by atoms with Gasteiger partial charge in [0.1, 0.15) is 11.6 Å². The first-order valence-electron chi connectivity index (χ1n) is 7.47. The van der Waals surface area contributed by atoms with Crippen LogP contribution in [0.25, 0.3) is 0 Å². The minimum atomic E-state index is -0.461. The maximum absolute atomic E-state index is 13.2. The number of amides is 1. The molecule has 0 radical (unpaired) electrons. The Morgan fingerprint density at radius 1 is 1.26 bits per heavy atom. The number of hydrogen-bond donors (Lipinski definition) is 2. The molecule has 0 bridgehead atoms. The lowest BCUT2D eigenvalue weighted by Crippen LogP contribution is -2.24. The molecule has 0 aliphatic heterocycles. The molecule has 4 nitrogen and oxygen atoms in total. The Morgan fingerprint density at radius 2 is 2.09 bits per heavy atom. The fourth-order valence-corrected chi connectivity index (χ4v) is 2.84. The Balaban J connectivity index is 1.84. The highest BCUT2D eigenvalue weighted by atomic mass is 19.1. The average Bonchev–Trinajstić information content (AvgIpc) is 2.51. The molecule has 0 saturated carbocycles. The number of phenols is 1. The second kappa shape index (κ2) is 6.20. The third-order valence-corrected chi connectivity index (χ3v) is 3.89. The second-order valence-electron chi connectivity index (χ2n) is 5.86. The summed E-state index contributed by atoms with van der Waals surface area (Å²) in [5.74, 6) is -0.317. The molecule has 1 atom stereocenters. The van der Waals surface area contributed by atoms with Crippen LogP contribution in [0.4, 0.5) is 4.39 Å². The number of aromatic hydroxyl groups is 1. The number of hydrogen-bond acceptors (Lipinski definition) is 3. The van der Waals surface area contributed by atoms with Crippen molar-refractivity contribution in [2.45, 2.75) is 19.8 Å². The number of phenolic OH excluding ortho intramolecular Hbond substituents is 1. The fourth-order valence-electron chi connectivity index (χ4n) is 2.84. The van der Waals surface area contributed by atoms with E-state index in [4.69, 9.17) is 0 Å². The lowest BCUT2D eigenvalue weighted by Gasteiger charge is -2.23. The first-order chi connectivity index (χ1) is 11.0. The normalized spacial score (nSPS) is 18.5. The van der Waals surface area contributed by atoms with Gasteiger partial charge in [0.25, 0.3) is 5.91 Å². The van der Waals surface area contributed by atoms with Crippen LogP contribution >= 0.6 is 0 Å². The van der Waals surface area contributed by atoms with Gasteiger partial charge in [-0.25, -0.2) is 9.82 Å². The number of nitrogens with zero attached hydrogens (tertiary/aromatic N) is 1. The fraction of sp³-hybridized carbons (Fsp3) is 0.222. The maximum Gasteiger partial charge on any atom is 0.271 e. The highest BCUT2D eigenvalue weighted by Gasteiger charge is 2.21. The summed E-state index contributed by atoms with van der Waals surface area (Å²) in [6.45, 7) is 2.09. The molecule has 0 saturated heterocycles. The van der Waals surface area contributed by atoms with Crippen LogP contribution < -0.4 is 5.43 Å². The number of hydrazone groups is 1. The molecule has 118 valence electrons. The summed E-state index contributed by atoms with van der Waals surface area (Å²) in [6, 6.07) is 10.6. The highest BCUT2D eigenvalue weighted by molar-refractivity contribution is 6.04. The Bertz CT molecular complexity index is 786. The van der Waals surface area contributed by atoms with Gasteiger partial charge in [-0.3, -0.25) is 4.79 Å². The van der Waals surface area contributed by atoms with Crippen LogP contribution in [0, 0.1) is 11.7 Å². The smallest absolute Gasteiger partial charge is 0.271 e. The number of rotatable bonds is 2. The molecule has 2 aromatic rings. The topological polar surface area (TPSA) is 61.7 Å². The van der Waals surface area contributed by atoms with E-state index in [1.165, 1.54) is 24.3 Å². The van der Waals surface area contributed by atoms with Crippen LogP contribution in [0.15, 0.2) is 47.6 Å². The van der Waals surface area contributed by atoms with E-state index in [0.29, 0.717) is 5.92 Å². The van der Waals surface area contributed by atoms with Gasteiger partial charge in [0.2, 0.25) is 0 Å². The minimum Gasteiger partial charge on any atom is -0.508 e. The molecule has 23 heavy (non-hydrogen) atoms. The molecule has 5 heteroatoms. The predicted molar refractivity (Wildman–Crippen MR) is 86.0 cm³/mol. The molecule has 0 heterocycles. The highest BCUT2D eigenvalue weighted by Crippen LogP contribution is 2.28. The van der Waals surface area contributed by atoms with Gasteiger partial charge in [-0.1, -0.05) is 13.0 Å². The molecule has 1 amide bonds. The summed E-state index contributed by atoms with van der Waals surface area (Å²) in [7, 11) is 0. The van der Waals surface area contributed by atoms with Crippen LogP contribution in [-0.4, -0.2) is 16.7 Å². The number of benzene rings is 2. The number of carbonyl (C=O) groups excluding carboxylic acids is 1. The molecule has 0 fully saturated rings. The summed E-state index contributed by atoms with van der Waals surface area (Å²) < 4.78 is 13.2. The van der Waals surface area contributed by atoms with Crippen molar-refractivity contribution < 1.29 is 14.3 Å². The lowest BCUT2D eigenvalue weighted by molar-refractivity contribution is 0.0954. The molecular formula is C18H17FN2O2. The van der Waals surface area contributed by atoms with E-state index in [1.54, 1.807) is 12.1 Å².